The predicted molar refractivity (Wildman–Crippen MR) is 150 cm³/mol. The summed E-state index contributed by atoms with van der Waals surface area (Å²) in [6, 6.07) is 21.0. The molecular formula is C32H36N2O4. The fourth-order valence-corrected chi connectivity index (χ4v) is 5.91. The number of allylic oxidation sites excluding steroid dienone is 1. The number of carbonyl (C=O) groups is 1. The number of ether oxygens (including phenoxy) is 3. The molecule has 0 radical (unpaired) electrons. The molecule has 2 aliphatic rings. The quantitative estimate of drug-likeness (QED) is 0.286. The largest absolute Gasteiger partial charge is 0.465 e. The van der Waals surface area contributed by atoms with Crippen molar-refractivity contribution >= 4 is 22.8 Å². The molecule has 6 heteroatoms. The van der Waals surface area contributed by atoms with Crippen LogP contribution in [0.4, 0.5) is 5.69 Å². The Labute approximate surface area is 225 Å². The van der Waals surface area contributed by atoms with Crippen molar-refractivity contribution < 1.29 is 19.0 Å². The fourth-order valence-electron chi connectivity index (χ4n) is 5.91. The van der Waals surface area contributed by atoms with Crippen molar-refractivity contribution in [3.8, 4) is 0 Å². The summed E-state index contributed by atoms with van der Waals surface area (Å²) in [6.07, 6.45) is 6.62. The normalized spacial score (nSPS) is 16.4. The van der Waals surface area contributed by atoms with E-state index < -0.39 is 0 Å². The van der Waals surface area contributed by atoms with Gasteiger partial charge in [-0.3, -0.25) is 4.98 Å². The van der Waals surface area contributed by atoms with Crippen LogP contribution in [0, 0.1) is 5.92 Å². The van der Waals surface area contributed by atoms with Gasteiger partial charge in [0.05, 0.1) is 18.4 Å². The minimum Gasteiger partial charge on any atom is -0.465 e. The Hall–Kier alpha value is -3.48. The first-order valence-corrected chi connectivity index (χ1v) is 13.4. The van der Waals surface area contributed by atoms with Crippen LogP contribution >= 0.6 is 0 Å². The third-order valence-electron chi connectivity index (χ3n) is 7.85. The van der Waals surface area contributed by atoms with Gasteiger partial charge < -0.3 is 19.1 Å². The number of hydrogen-bond acceptors (Lipinski definition) is 6. The predicted octanol–water partition coefficient (Wildman–Crippen LogP) is 6.00. The summed E-state index contributed by atoms with van der Waals surface area (Å²) in [6.45, 7) is 1.96. The third-order valence-corrected chi connectivity index (χ3v) is 7.85. The van der Waals surface area contributed by atoms with Crippen molar-refractivity contribution in [3.63, 3.8) is 0 Å². The van der Waals surface area contributed by atoms with Crippen molar-refractivity contribution in [2.24, 2.45) is 5.92 Å². The van der Waals surface area contributed by atoms with Crippen molar-refractivity contribution in [2.75, 3.05) is 39.3 Å². The zero-order valence-electron chi connectivity index (χ0n) is 22.5. The van der Waals surface area contributed by atoms with E-state index in [2.05, 4.69) is 41.3 Å². The highest BCUT2D eigenvalue weighted by atomic mass is 16.7. The lowest BCUT2D eigenvalue weighted by atomic mass is 9.88. The van der Waals surface area contributed by atoms with Gasteiger partial charge in [-0.25, -0.2) is 4.79 Å². The van der Waals surface area contributed by atoms with E-state index >= 15 is 0 Å². The van der Waals surface area contributed by atoms with Crippen LogP contribution in [0.5, 0.6) is 0 Å². The molecule has 0 N–H and O–H groups in total. The van der Waals surface area contributed by atoms with Gasteiger partial charge in [-0.15, -0.1) is 0 Å². The van der Waals surface area contributed by atoms with Gasteiger partial charge in [-0.1, -0.05) is 24.3 Å². The fraction of sp³-hybridized carbons (Fsp3) is 0.375. The molecule has 1 aliphatic carbocycles. The summed E-state index contributed by atoms with van der Waals surface area (Å²) in [4.78, 5) is 19.4. The number of hydrogen-bond donors (Lipinski definition) is 0. The first-order chi connectivity index (χ1) is 18.6. The molecule has 198 valence electrons. The van der Waals surface area contributed by atoms with Crippen LogP contribution in [0.2, 0.25) is 0 Å². The zero-order chi connectivity index (χ0) is 26.5. The van der Waals surface area contributed by atoms with E-state index in [1.165, 1.54) is 29.5 Å². The maximum Gasteiger partial charge on any atom is 0.337 e. The van der Waals surface area contributed by atoms with Crippen LogP contribution in [-0.4, -0.2) is 51.7 Å². The van der Waals surface area contributed by atoms with Crippen LogP contribution in [-0.2, 0) is 20.6 Å². The number of methoxy groups -OCH3 is 3. The van der Waals surface area contributed by atoms with Gasteiger partial charge in [-0.2, -0.15) is 0 Å². The van der Waals surface area contributed by atoms with E-state index in [4.69, 9.17) is 19.2 Å². The van der Waals surface area contributed by atoms with Gasteiger partial charge in [0.2, 0.25) is 0 Å². The number of anilines is 1. The van der Waals surface area contributed by atoms with Crippen molar-refractivity contribution in [3.05, 3.63) is 94.8 Å². The molecule has 0 unspecified atom stereocenters. The van der Waals surface area contributed by atoms with Gasteiger partial charge in [0.25, 0.3) is 0 Å². The number of benzene rings is 2. The SMILES string of the molecule is COC(=O)c1ccc2c(c1)CCCC(c1ccccn1)=C2c1ccc(N2CCC(C(OC)OC)CC2)cc1. The molecule has 2 heterocycles. The average molecular weight is 513 g/mol. The highest BCUT2D eigenvalue weighted by Crippen LogP contribution is 2.40. The second kappa shape index (κ2) is 11.9. The molecule has 1 fully saturated rings. The van der Waals surface area contributed by atoms with Gasteiger partial charge in [0, 0.05) is 45.1 Å². The molecule has 6 nitrogen and oxygen atoms in total. The second-order valence-corrected chi connectivity index (χ2v) is 10.00. The Morgan fingerprint density at radius 3 is 2.37 bits per heavy atom. The van der Waals surface area contributed by atoms with Crippen molar-refractivity contribution in [1.82, 2.24) is 4.98 Å². The molecular weight excluding hydrogens is 476 g/mol. The number of pyridine rings is 1. The Balaban J connectivity index is 1.49. The molecule has 2 aromatic carbocycles. The Morgan fingerprint density at radius 2 is 1.71 bits per heavy atom. The van der Waals surface area contributed by atoms with E-state index in [0.29, 0.717) is 11.5 Å². The Bertz CT molecular complexity index is 1270. The lowest BCUT2D eigenvalue weighted by molar-refractivity contribution is -0.141. The van der Waals surface area contributed by atoms with Crippen molar-refractivity contribution in [1.29, 1.82) is 0 Å². The van der Waals surface area contributed by atoms with E-state index in [1.54, 1.807) is 14.2 Å². The van der Waals surface area contributed by atoms with Crippen LogP contribution in [0.1, 0.15) is 58.4 Å². The third kappa shape index (κ3) is 5.38. The van der Waals surface area contributed by atoms with Crippen LogP contribution < -0.4 is 4.90 Å². The first-order valence-electron chi connectivity index (χ1n) is 13.4. The summed E-state index contributed by atoms with van der Waals surface area (Å²) in [5, 5.41) is 0. The smallest absolute Gasteiger partial charge is 0.337 e. The number of fused-ring (bicyclic) bond motifs is 1. The number of esters is 1. The van der Waals surface area contributed by atoms with E-state index in [-0.39, 0.29) is 12.3 Å². The standard InChI is InChI=1S/C32H36N2O4/c1-36-31(35)25-12-15-27-24(21-25)7-6-8-28(29-9-4-5-18-33-29)30(27)22-10-13-26(14-11-22)34-19-16-23(17-20-34)32(37-2)38-3/h4-5,9-15,18,21,23,32H,6-8,16-17,19-20H2,1-3H3. The number of piperidine rings is 1. The van der Waals surface area contributed by atoms with Crippen molar-refractivity contribution in [2.45, 2.75) is 38.4 Å². The molecule has 5 rings (SSSR count). The van der Waals surface area contributed by atoms with Crippen LogP contribution in [0.25, 0.3) is 11.1 Å². The number of aromatic nitrogens is 1. The molecule has 0 amide bonds. The van der Waals surface area contributed by atoms with Gasteiger partial charge >= 0.3 is 5.97 Å². The number of aryl methyl sites for hydroxylation is 1. The minimum absolute atomic E-state index is 0.133. The summed E-state index contributed by atoms with van der Waals surface area (Å²) < 4.78 is 16.0. The minimum atomic E-state index is -0.303. The summed E-state index contributed by atoms with van der Waals surface area (Å²) in [5.41, 5.74) is 8.76. The molecule has 0 atom stereocenters. The van der Waals surface area contributed by atoms with Crippen LogP contribution in [0.3, 0.4) is 0 Å². The summed E-state index contributed by atoms with van der Waals surface area (Å²) in [7, 11) is 4.86. The molecule has 1 aliphatic heterocycles. The average Bonchev–Trinajstić information content (AvgIpc) is 3.17. The molecule has 38 heavy (non-hydrogen) atoms. The Morgan fingerprint density at radius 1 is 0.947 bits per heavy atom. The van der Waals surface area contributed by atoms with Gasteiger partial charge in [-0.05, 0) is 96.3 Å². The molecule has 0 saturated carbocycles. The van der Waals surface area contributed by atoms with Gasteiger partial charge in [0.1, 0.15) is 0 Å². The van der Waals surface area contributed by atoms with E-state index in [9.17, 15) is 4.79 Å². The lowest BCUT2D eigenvalue weighted by Gasteiger charge is -2.36. The molecule has 0 spiro atoms. The molecule has 3 aromatic rings. The molecule has 0 bridgehead atoms. The Kier molecular flexibility index (Phi) is 8.20. The summed E-state index contributed by atoms with van der Waals surface area (Å²) >= 11 is 0. The maximum absolute atomic E-state index is 12.2. The second-order valence-electron chi connectivity index (χ2n) is 10.00. The highest BCUT2D eigenvalue weighted by molar-refractivity contribution is 6.00. The number of carbonyl (C=O) groups excluding carboxylic acids is 1. The highest BCUT2D eigenvalue weighted by Gasteiger charge is 2.27. The first kappa shape index (κ1) is 26.1. The van der Waals surface area contributed by atoms with E-state index in [1.807, 2.05) is 30.5 Å². The lowest BCUT2D eigenvalue weighted by Crippen LogP contribution is -2.39. The molecule has 1 saturated heterocycles. The zero-order valence-corrected chi connectivity index (χ0v) is 22.5. The summed E-state index contributed by atoms with van der Waals surface area (Å²) in [5.74, 6) is 0.118. The van der Waals surface area contributed by atoms with Gasteiger partial charge in [0.15, 0.2) is 6.29 Å². The monoisotopic (exact) mass is 512 g/mol. The topological polar surface area (TPSA) is 60.9 Å². The number of rotatable bonds is 7. The van der Waals surface area contributed by atoms with E-state index in [0.717, 1.165) is 62.0 Å². The maximum atomic E-state index is 12.2. The van der Waals surface area contributed by atoms with Crippen LogP contribution in [0.15, 0.2) is 66.9 Å². The number of nitrogens with zero attached hydrogens (tertiary/aromatic N) is 2. The molecule has 1 aromatic heterocycles.